The lowest BCUT2D eigenvalue weighted by molar-refractivity contribution is 1.18. The molecular weight excluding hydrogens is 685 g/mol. The van der Waals surface area contributed by atoms with Gasteiger partial charge in [0.25, 0.3) is 0 Å². The Hall–Kier alpha value is -6.94. The highest BCUT2D eigenvalue weighted by Crippen LogP contribution is 2.35. The Kier molecular flexibility index (Phi) is 9.59. The maximum atomic E-state index is 2.32. The third-order valence-corrected chi connectivity index (χ3v) is 11.1. The zero-order valence-corrected chi connectivity index (χ0v) is 31.1. The first-order chi connectivity index (χ1) is 27.3. The van der Waals surface area contributed by atoms with Crippen molar-refractivity contribution in [2.75, 3.05) is 0 Å². The monoisotopic (exact) mass is 722 g/mol. The highest BCUT2D eigenvalue weighted by molar-refractivity contribution is 7.18. The zero-order valence-electron chi connectivity index (χ0n) is 30.2. The molecule has 3 heteroatoms. The predicted octanol–water partition coefficient (Wildman–Crippen LogP) is 14.6. The van der Waals surface area contributed by atoms with Crippen LogP contribution in [0, 0.1) is 0 Å². The fourth-order valence-corrected chi connectivity index (χ4v) is 8.43. The van der Waals surface area contributed by atoms with E-state index in [9.17, 15) is 0 Å². The van der Waals surface area contributed by atoms with Crippen molar-refractivity contribution in [1.82, 2.24) is 9.13 Å². The van der Waals surface area contributed by atoms with Gasteiger partial charge in [0.1, 0.15) is 0 Å². The number of benzene rings is 8. The summed E-state index contributed by atoms with van der Waals surface area (Å²) in [6.07, 6.45) is 0. The molecule has 8 aromatic carbocycles. The maximum Gasteiger partial charge on any atom is 0.0541 e. The SMILES string of the molecule is c1ccc(-c2ccc(-c3ccccc3)s2)cc1.c1ccc(-n2c3ccccc3c3ccccc32)cc1.c1ccc(-n2c3ccccc3c3ccccc32)cc1. The van der Waals surface area contributed by atoms with Crippen molar-refractivity contribution in [2.24, 2.45) is 0 Å². The number of hydrogen-bond acceptors (Lipinski definition) is 1. The first kappa shape index (κ1) is 33.9. The van der Waals surface area contributed by atoms with Gasteiger partial charge in [-0.3, -0.25) is 0 Å². The normalized spacial score (nSPS) is 10.9. The highest BCUT2D eigenvalue weighted by Gasteiger charge is 2.12. The number of nitrogens with zero attached hydrogens (tertiary/aromatic N) is 2. The molecule has 0 aliphatic heterocycles. The molecule has 0 spiro atoms. The standard InChI is InChI=1S/2C18H13N.C16H12S/c2*1-2-8-14(9-3-1)19-17-12-6-4-10-15(17)16-11-5-7-13-18(16)19;1-3-7-13(8-4-1)15-11-12-16(17-15)14-9-5-2-6-10-14/h2*1-13H;1-12H. The Bertz CT molecular complexity index is 2650. The van der Waals surface area contributed by atoms with E-state index in [1.54, 1.807) is 0 Å². The third-order valence-electron chi connectivity index (χ3n) is 9.91. The van der Waals surface area contributed by atoms with Gasteiger partial charge in [0.2, 0.25) is 0 Å². The Labute approximate surface area is 325 Å². The molecular formula is C52H38N2S. The van der Waals surface area contributed by atoms with Crippen molar-refractivity contribution in [3.8, 4) is 32.3 Å². The van der Waals surface area contributed by atoms with Crippen LogP contribution in [0.2, 0.25) is 0 Å². The molecule has 0 saturated carbocycles. The molecule has 0 atom stereocenters. The average molecular weight is 723 g/mol. The van der Waals surface area contributed by atoms with E-state index in [-0.39, 0.29) is 0 Å². The molecule has 0 aliphatic rings. The number of rotatable bonds is 4. The van der Waals surface area contributed by atoms with E-state index in [0.717, 1.165) is 0 Å². The molecule has 0 N–H and O–H groups in total. The predicted molar refractivity (Wildman–Crippen MR) is 237 cm³/mol. The molecule has 0 saturated heterocycles. The lowest BCUT2D eigenvalue weighted by Crippen LogP contribution is -1.92. The van der Waals surface area contributed by atoms with Crippen LogP contribution in [0.15, 0.2) is 231 Å². The molecule has 262 valence electrons. The first-order valence-electron chi connectivity index (χ1n) is 18.6. The van der Waals surface area contributed by atoms with Gasteiger partial charge in [0.15, 0.2) is 0 Å². The second-order valence-electron chi connectivity index (χ2n) is 13.3. The second kappa shape index (κ2) is 15.6. The van der Waals surface area contributed by atoms with Crippen LogP contribution < -0.4 is 0 Å². The van der Waals surface area contributed by atoms with E-state index in [0.29, 0.717) is 0 Å². The Balaban J connectivity index is 0.000000108. The van der Waals surface area contributed by atoms with Crippen LogP contribution in [0.5, 0.6) is 0 Å². The van der Waals surface area contributed by atoms with Crippen molar-refractivity contribution in [2.45, 2.75) is 0 Å². The third kappa shape index (κ3) is 6.86. The van der Waals surface area contributed by atoms with Gasteiger partial charge in [-0.15, -0.1) is 11.3 Å². The summed E-state index contributed by atoms with van der Waals surface area (Å²) in [5.74, 6) is 0. The van der Waals surface area contributed by atoms with Gasteiger partial charge >= 0.3 is 0 Å². The van der Waals surface area contributed by atoms with Crippen molar-refractivity contribution in [3.63, 3.8) is 0 Å². The summed E-state index contributed by atoms with van der Waals surface area (Å²) in [6.45, 7) is 0. The van der Waals surface area contributed by atoms with E-state index in [1.807, 2.05) is 11.3 Å². The first-order valence-corrected chi connectivity index (χ1v) is 19.4. The summed E-state index contributed by atoms with van der Waals surface area (Å²) in [6, 6.07) is 80.8. The smallest absolute Gasteiger partial charge is 0.0541 e. The van der Waals surface area contributed by atoms with Crippen LogP contribution in [0.3, 0.4) is 0 Å². The summed E-state index contributed by atoms with van der Waals surface area (Å²) in [4.78, 5) is 2.65. The molecule has 0 radical (unpaired) electrons. The minimum Gasteiger partial charge on any atom is -0.309 e. The van der Waals surface area contributed by atoms with Crippen LogP contribution in [-0.2, 0) is 0 Å². The minimum atomic E-state index is 1.21. The van der Waals surface area contributed by atoms with E-state index in [4.69, 9.17) is 0 Å². The van der Waals surface area contributed by atoms with Gasteiger partial charge in [-0.1, -0.05) is 170 Å². The number of hydrogen-bond donors (Lipinski definition) is 0. The molecule has 55 heavy (non-hydrogen) atoms. The average Bonchev–Trinajstić information content (AvgIpc) is 3.99. The summed E-state index contributed by atoms with van der Waals surface area (Å²) in [5.41, 5.74) is 10.0. The van der Waals surface area contributed by atoms with Gasteiger partial charge < -0.3 is 9.13 Å². The fourth-order valence-electron chi connectivity index (χ4n) is 7.41. The topological polar surface area (TPSA) is 9.86 Å². The van der Waals surface area contributed by atoms with E-state index in [1.165, 1.54) is 75.9 Å². The van der Waals surface area contributed by atoms with Crippen LogP contribution in [-0.4, -0.2) is 9.13 Å². The Morgan fingerprint density at radius 2 is 0.491 bits per heavy atom. The number of aromatic nitrogens is 2. The highest BCUT2D eigenvalue weighted by atomic mass is 32.1. The molecule has 11 rings (SSSR count). The van der Waals surface area contributed by atoms with E-state index in [2.05, 4.69) is 240 Å². The van der Waals surface area contributed by atoms with Gasteiger partial charge in [-0.2, -0.15) is 0 Å². The quantitative estimate of drug-likeness (QED) is 0.171. The molecule has 0 unspecified atom stereocenters. The largest absolute Gasteiger partial charge is 0.309 e. The summed E-state index contributed by atoms with van der Waals surface area (Å²) < 4.78 is 4.65. The number of para-hydroxylation sites is 6. The molecule has 3 aromatic heterocycles. The van der Waals surface area contributed by atoms with E-state index >= 15 is 0 Å². The van der Waals surface area contributed by atoms with Crippen molar-refractivity contribution in [3.05, 3.63) is 231 Å². The van der Waals surface area contributed by atoms with Crippen LogP contribution >= 0.6 is 11.3 Å². The molecule has 0 bridgehead atoms. The van der Waals surface area contributed by atoms with Crippen LogP contribution in [0.4, 0.5) is 0 Å². The van der Waals surface area contributed by atoms with E-state index < -0.39 is 0 Å². The lowest BCUT2D eigenvalue weighted by Gasteiger charge is -2.06. The van der Waals surface area contributed by atoms with Crippen molar-refractivity contribution < 1.29 is 0 Å². The fraction of sp³-hybridized carbons (Fsp3) is 0. The zero-order chi connectivity index (χ0) is 36.8. The van der Waals surface area contributed by atoms with Crippen LogP contribution in [0.1, 0.15) is 0 Å². The lowest BCUT2D eigenvalue weighted by atomic mass is 10.2. The van der Waals surface area contributed by atoms with Gasteiger partial charge in [0, 0.05) is 42.7 Å². The molecule has 2 nitrogen and oxygen atoms in total. The number of fused-ring (bicyclic) bond motifs is 6. The van der Waals surface area contributed by atoms with Gasteiger partial charge in [-0.05, 0) is 71.8 Å². The summed E-state index contributed by atoms with van der Waals surface area (Å²) >= 11 is 1.84. The molecule has 0 amide bonds. The Morgan fingerprint density at radius 1 is 0.236 bits per heavy atom. The van der Waals surface area contributed by atoms with Gasteiger partial charge in [0.05, 0.1) is 22.1 Å². The Morgan fingerprint density at radius 3 is 0.800 bits per heavy atom. The van der Waals surface area contributed by atoms with Gasteiger partial charge in [-0.25, -0.2) is 0 Å². The summed E-state index contributed by atoms with van der Waals surface area (Å²) in [5, 5.41) is 5.23. The minimum absolute atomic E-state index is 1.21. The molecule has 11 aromatic rings. The maximum absolute atomic E-state index is 2.32. The molecule has 3 heterocycles. The molecule has 0 fully saturated rings. The van der Waals surface area contributed by atoms with Crippen LogP contribution in [0.25, 0.3) is 75.9 Å². The van der Waals surface area contributed by atoms with Crippen molar-refractivity contribution >= 4 is 54.9 Å². The van der Waals surface area contributed by atoms with Crippen molar-refractivity contribution in [1.29, 1.82) is 0 Å². The summed E-state index contributed by atoms with van der Waals surface area (Å²) in [7, 11) is 0. The number of thiophene rings is 1. The second-order valence-corrected chi connectivity index (χ2v) is 14.4. The molecule has 0 aliphatic carbocycles.